The molecule has 120 valence electrons. The first kappa shape index (κ1) is 15.2. The summed E-state index contributed by atoms with van der Waals surface area (Å²) in [4.78, 5) is 6.89. The zero-order chi connectivity index (χ0) is 15.7. The predicted octanol–water partition coefficient (Wildman–Crippen LogP) is 2.59. The molecule has 1 fully saturated rings. The molecule has 0 amide bonds. The Kier molecular flexibility index (Phi) is 4.29. The van der Waals surface area contributed by atoms with Crippen molar-refractivity contribution in [2.45, 2.75) is 59.5 Å². The molecule has 0 aliphatic carbocycles. The van der Waals surface area contributed by atoms with Gasteiger partial charge in [-0.25, -0.2) is 0 Å². The molecule has 0 aromatic carbocycles. The van der Waals surface area contributed by atoms with Crippen molar-refractivity contribution in [2.24, 2.45) is 0 Å². The molecule has 2 aromatic rings. The van der Waals surface area contributed by atoms with Gasteiger partial charge in [0.1, 0.15) is 0 Å². The highest BCUT2D eigenvalue weighted by Gasteiger charge is 2.25. The van der Waals surface area contributed by atoms with Gasteiger partial charge >= 0.3 is 0 Å². The van der Waals surface area contributed by atoms with E-state index in [1.165, 1.54) is 11.3 Å². The molecule has 0 unspecified atom stereocenters. The highest BCUT2D eigenvalue weighted by Crippen LogP contribution is 2.27. The van der Waals surface area contributed by atoms with Gasteiger partial charge in [0.25, 0.3) is 0 Å². The first-order valence-electron chi connectivity index (χ1n) is 8.14. The number of hydrogen-bond acceptors (Lipinski definition) is 5. The molecule has 1 aliphatic rings. The van der Waals surface area contributed by atoms with Crippen LogP contribution < -0.4 is 0 Å². The van der Waals surface area contributed by atoms with Crippen LogP contribution in [0.25, 0.3) is 0 Å². The van der Waals surface area contributed by atoms with E-state index in [0.29, 0.717) is 11.8 Å². The molecule has 3 rings (SSSR count). The minimum absolute atomic E-state index is 0.439. The Bertz CT molecular complexity index is 637. The summed E-state index contributed by atoms with van der Waals surface area (Å²) in [6.07, 6.45) is 2.19. The topological polar surface area (TPSA) is 60.0 Å². The smallest absolute Gasteiger partial charge is 0.223 e. The van der Waals surface area contributed by atoms with Crippen LogP contribution in [0.15, 0.2) is 4.52 Å². The van der Waals surface area contributed by atoms with E-state index in [1.807, 2.05) is 6.92 Å². The molecule has 0 bridgehead atoms. The van der Waals surface area contributed by atoms with Crippen molar-refractivity contribution >= 4 is 0 Å². The van der Waals surface area contributed by atoms with E-state index in [9.17, 15) is 0 Å². The van der Waals surface area contributed by atoms with Crippen molar-refractivity contribution in [3.8, 4) is 0 Å². The van der Waals surface area contributed by atoms with Crippen molar-refractivity contribution < 1.29 is 4.52 Å². The normalized spacial score (nSPS) is 17.3. The van der Waals surface area contributed by atoms with E-state index in [-0.39, 0.29) is 0 Å². The average Bonchev–Trinajstić information content (AvgIpc) is 3.06. The summed E-state index contributed by atoms with van der Waals surface area (Å²) >= 11 is 0. The van der Waals surface area contributed by atoms with Crippen LogP contribution in [0.4, 0.5) is 0 Å². The molecular formula is C16H25N5O. The van der Waals surface area contributed by atoms with Crippen LogP contribution in [-0.2, 0) is 13.1 Å². The van der Waals surface area contributed by atoms with Gasteiger partial charge in [0.05, 0.1) is 5.69 Å². The highest BCUT2D eigenvalue weighted by molar-refractivity contribution is 5.24. The lowest BCUT2D eigenvalue weighted by atomic mass is 9.95. The third-order valence-electron chi connectivity index (χ3n) is 4.71. The second kappa shape index (κ2) is 6.20. The van der Waals surface area contributed by atoms with Gasteiger partial charge < -0.3 is 4.52 Å². The Morgan fingerprint density at radius 3 is 2.45 bits per heavy atom. The van der Waals surface area contributed by atoms with Crippen LogP contribution in [0, 0.1) is 20.8 Å². The molecule has 0 atom stereocenters. The Morgan fingerprint density at radius 2 is 1.91 bits per heavy atom. The Labute approximate surface area is 131 Å². The van der Waals surface area contributed by atoms with E-state index in [1.54, 1.807) is 0 Å². The molecule has 6 heteroatoms. The molecule has 0 N–H and O–H groups in total. The summed E-state index contributed by atoms with van der Waals surface area (Å²) in [5.41, 5.74) is 3.85. The molecule has 1 saturated heterocycles. The van der Waals surface area contributed by atoms with Gasteiger partial charge in [-0.2, -0.15) is 10.1 Å². The number of likely N-dealkylation sites (tertiary alicyclic amines) is 1. The van der Waals surface area contributed by atoms with Crippen molar-refractivity contribution in [3.05, 3.63) is 28.7 Å². The maximum Gasteiger partial charge on any atom is 0.223 e. The predicted molar refractivity (Wildman–Crippen MR) is 83.7 cm³/mol. The lowest BCUT2D eigenvalue weighted by Gasteiger charge is -2.30. The standard InChI is InChI=1S/C16H25N5O/c1-5-21-12(3)15(11(2)18-21)10-20-8-6-14(7-9-20)16-17-13(4)22-19-16/h14H,5-10H2,1-4H3. The van der Waals surface area contributed by atoms with Crippen LogP contribution in [0.3, 0.4) is 0 Å². The van der Waals surface area contributed by atoms with Gasteiger partial charge in [-0.3, -0.25) is 9.58 Å². The van der Waals surface area contributed by atoms with Crippen LogP contribution in [0.1, 0.15) is 54.3 Å². The molecule has 2 aromatic heterocycles. The Balaban J connectivity index is 1.61. The first-order chi connectivity index (χ1) is 10.6. The largest absolute Gasteiger partial charge is 0.340 e. The van der Waals surface area contributed by atoms with Gasteiger partial charge in [-0.1, -0.05) is 5.16 Å². The monoisotopic (exact) mass is 303 g/mol. The maximum absolute atomic E-state index is 5.10. The number of nitrogens with zero attached hydrogens (tertiary/aromatic N) is 5. The van der Waals surface area contributed by atoms with Gasteiger partial charge in [0.2, 0.25) is 5.89 Å². The van der Waals surface area contributed by atoms with Gasteiger partial charge in [0, 0.05) is 37.2 Å². The van der Waals surface area contributed by atoms with Crippen molar-refractivity contribution in [1.29, 1.82) is 0 Å². The summed E-state index contributed by atoms with van der Waals surface area (Å²) in [6.45, 7) is 12.4. The fourth-order valence-electron chi connectivity index (χ4n) is 3.32. The molecule has 6 nitrogen and oxygen atoms in total. The van der Waals surface area contributed by atoms with Crippen molar-refractivity contribution in [2.75, 3.05) is 13.1 Å². The van der Waals surface area contributed by atoms with E-state index in [0.717, 1.165) is 50.5 Å². The third kappa shape index (κ3) is 2.92. The fourth-order valence-corrected chi connectivity index (χ4v) is 3.32. The number of piperidine rings is 1. The number of aromatic nitrogens is 4. The van der Waals surface area contributed by atoms with Crippen molar-refractivity contribution in [3.63, 3.8) is 0 Å². The van der Waals surface area contributed by atoms with E-state index < -0.39 is 0 Å². The van der Waals surface area contributed by atoms with Crippen LogP contribution >= 0.6 is 0 Å². The lowest BCUT2D eigenvalue weighted by Crippen LogP contribution is -2.33. The van der Waals surface area contributed by atoms with E-state index in [4.69, 9.17) is 4.52 Å². The molecule has 1 aliphatic heterocycles. The second-order valence-electron chi connectivity index (χ2n) is 6.19. The average molecular weight is 303 g/mol. The molecule has 0 saturated carbocycles. The minimum atomic E-state index is 0.439. The highest BCUT2D eigenvalue weighted by atomic mass is 16.5. The zero-order valence-corrected chi connectivity index (χ0v) is 14.0. The summed E-state index contributed by atoms with van der Waals surface area (Å²) in [5.74, 6) is 1.98. The maximum atomic E-state index is 5.10. The molecule has 0 radical (unpaired) electrons. The number of rotatable bonds is 4. The molecule has 22 heavy (non-hydrogen) atoms. The molecular weight excluding hydrogens is 278 g/mol. The summed E-state index contributed by atoms with van der Waals surface area (Å²) < 4.78 is 7.20. The first-order valence-corrected chi connectivity index (χ1v) is 8.14. The van der Waals surface area contributed by atoms with Gasteiger partial charge in [-0.05, 0) is 46.7 Å². The summed E-state index contributed by atoms with van der Waals surface area (Å²) in [6, 6.07) is 0. The van der Waals surface area contributed by atoms with Gasteiger partial charge in [-0.15, -0.1) is 0 Å². The van der Waals surface area contributed by atoms with Gasteiger partial charge in [0.15, 0.2) is 5.82 Å². The minimum Gasteiger partial charge on any atom is -0.340 e. The number of hydrogen-bond donors (Lipinski definition) is 0. The van der Waals surface area contributed by atoms with Crippen LogP contribution in [-0.4, -0.2) is 37.9 Å². The molecule has 0 spiro atoms. The fraction of sp³-hybridized carbons (Fsp3) is 0.688. The second-order valence-corrected chi connectivity index (χ2v) is 6.19. The lowest BCUT2D eigenvalue weighted by molar-refractivity contribution is 0.199. The van der Waals surface area contributed by atoms with E-state index >= 15 is 0 Å². The summed E-state index contributed by atoms with van der Waals surface area (Å²) in [5, 5.41) is 8.69. The Hall–Kier alpha value is -1.69. The quantitative estimate of drug-likeness (QED) is 0.869. The SMILES string of the molecule is CCn1nc(C)c(CN2CCC(c3noc(C)n3)CC2)c1C. The van der Waals surface area contributed by atoms with Crippen LogP contribution in [0.2, 0.25) is 0 Å². The van der Waals surface area contributed by atoms with E-state index in [2.05, 4.69) is 45.6 Å². The Morgan fingerprint density at radius 1 is 1.18 bits per heavy atom. The van der Waals surface area contributed by atoms with Crippen molar-refractivity contribution in [1.82, 2.24) is 24.8 Å². The van der Waals surface area contributed by atoms with Crippen LogP contribution in [0.5, 0.6) is 0 Å². The third-order valence-corrected chi connectivity index (χ3v) is 4.71. The zero-order valence-electron chi connectivity index (χ0n) is 14.0. The summed E-state index contributed by atoms with van der Waals surface area (Å²) in [7, 11) is 0. The molecule has 3 heterocycles. The number of aryl methyl sites for hydroxylation is 3.